The van der Waals surface area contributed by atoms with Gasteiger partial charge in [0.15, 0.2) is 0 Å². The number of benzene rings is 2. The molecule has 90 valence electrons. The van der Waals surface area contributed by atoms with Crippen molar-refractivity contribution in [2.75, 3.05) is 6.54 Å². The van der Waals surface area contributed by atoms with E-state index in [1.54, 1.807) is 12.1 Å². The van der Waals surface area contributed by atoms with Crippen LogP contribution in [0.5, 0.6) is 5.75 Å². The van der Waals surface area contributed by atoms with Gasteiger partial charge in [0.05, 0.1) is 5.56 Å². The number of rotatable bonds is 1. The number of hydrogen-bond acceptors (Lipinski definition) is 2. The number of aromatic hydroxyl groups is 1. The largest absolute Gasteiger partial charge is 0.507 e. The van der Waals surface area contributed by atoms with E-state index in [0.717, 1.165) is 11.1 Å². The van der Waals surface area contributed by atoms with Gasteiger partial charge in [-0.15, -0.1) is 0 Å². The first-order chi connectivity index (χ1) is 8.77. The first kappa shape index (κ1) is 10.8. The SMILES string of the molecule is O=C1NCC(c2ccccc2)c2cccc(O)c21. The Balaban J connectivity index is 2.15. The molecule has 2 aromatic rings. The van der Waals surface area contributed by atoms with Crippen LogP contribution in [0.25, 0.3) is 0 Å². The summed E-state index contributed by atoms with van der Waals surface area (Å²) < 4.78 is 0. The highest BCUT2D eigenvalue weighted by Crippen LogP contribution is 2.33. The maximum atomic E-state index is 11.8. The maximum absolute atomic E-state index is 11.8. The van der Waals surface area contributed by atoms with Crippen LogP contribution in [-0.4, -0.2) is 17.6 Å². The highest BCUT2D eigenvalue weighted by atomic mass is 16.3. The van der Waals surface area contributed by atoms with E-state index in [1.165, 1.54) is 0 Å². The molecule has 0 bridgehead atoms. The van der Waals surface area contributed by atoms with Crippen molar-refractivity contribution < 1.29 is 9.90 Å². The number of fused-ring (bicyclic) bond motifs is 1. The summed E-state index contributed by atoms with van der Waals surface area (Å²) in [6.07, 6.45) is 0. The minimum atomic E-state index is -0.199. The molecule has 1 atom stereocenters. The molecular weight excluding hydrogens is 226 g/mol. The summed E-state index contributed by atoms with van der Waals surface area (Å²) in [5.41, 5.74) is 2.44. The third kappa shape index (κ3) is 1.64. The lowest BCUT2D eigenvalue weighted by atomic mass is 9.85. The van der Waals surface area contributed by atoms with E-state index in [-0.39, 0.29) is 17.6 Å². The van der Waals surface area contributed by atoms with Crippen molar-refractivity contribution in [2.24, 2.45) is 0 Å². The molecule has 0 radical (unpaired) electrons. The fraction of sp³-hybridized carbons (Fsp3) is 0.133. The molecule has 1 heterocycles. The van der Waals surface area contributed by atoms with Gasteiger partial charge in [0, 0.05) is 12.5 Å². The predicted molar refractivity (Wildman–Crippen MR) is 68.7 cm³/mol. The number of amides is 1. The van der Waals surface area contributed by atoms with Crippen LogP contribution in [0, 0.1) is 0 Å². The van der Waals surface area contributed by atoms with Gasteiger partial charge in [0.25, 0.3) is 5.91 Å². The smallest absolute Gasteiger partial charge is 0.255 e. The minimum absolute atomic E-state index is 0.0469. The lowest BCUT2D eigenvalue weighted by Gasteiger charge is -2.26. The van der Waals surface area contributed by atoms with Gasteiger partial charge in [-0.1, -0.05) is 42.5 Å². The summed E-state index contributed by atoms with van der Waals surface area (Å²) in [5.74, 6) is -0.0492. The Labute approximate surface area is 105 Å². The van der Waals surface area contributed by atoms with Crippen LogP contribution < -0.4 is 5.32 Å². The maximum Gasteiger partial charge on any atom is 0.255 e. The zero-order valence-electron chi connectivity index (χ0n) is 9.76. The molecule has 1 aliphatic rings. The summed E-state index contributed by atoms with van der Waals surface area (Å²) in [7, 11) is 0. The number of phenols is 1. The average molecular weight is 239 g/mol. The number of carbonyl (C=O) groups is 1. The molecule has 0 aromatic heterocycles. The van der Waals surface area contributed by atoms with Crippen molar-refractivity contribution in [3.8, 4) is 5.75 Å². The second-order valence-corrected chi connectivity index (χ2v) is 4.41. The summed E-state index contributed by atoms with van der Waals surface area (Å²) >= 11 is 0. The third-order valence-corrected chi connectivity index (χ3v) is 3.35. The first-order valence-corrected chi connectivity index (χ1v) is 5.92. The van der Waals surface area contributed by atoms with Crippen LogP contribution in [0.15, 0.2) is 48.5 Å². The van der Waals surface area contributed by atoms with E-state index in [1.807, 2.05) is 36.4 Å². The van der Waals surface area contributed by atoms with Crippen LogP contribution >= 0.6 is 0 Å². The molecule has 0 saturated heterocycles. The van der Waals surface area contributed by atoms with Crippen molar-refractivity contribution in [1.29, 1.82) is 0 Å². The highest BCUT2D eigenvalue weighted by Gasteiger charge is 2.28. The number of nitrogens with one attached hydrogen (secondary N) is 1. The summed E-state index contributed by atoms with van der Waals surface area (Å²) in [4.78, 5) is 11.8. The van der Waals surface area contributed by atoms with Gasteiger partial charge >= 0.3 is 0 Å². The van der Waals surface area contributed by atoms with Crippen molar-refractivity contribution in [3.05, 3.63) is 65.2 Å². The molecular formula is C15H13NO2. The van der Waals surface area contributed by atoms with Gasteiger partial charge in [0.2, 0.25) is 0 Å². The molecule has 1 aliphatic heterocycles. The van der Waals surface area contributed by atoms with E-state index >= 15 is 0 Å². The van der Waals surface area contributed by atoms with Crippen LogP contribution in [0.4, 0.5) is 0 Å². The quantitative estimate of drug-likeness (QED) is 0.802. The lowest BCUT2D eigenvalue weighted by Crippen LogP contribution is -2.35. The fourth-order valence-corrected chi connectivity index (χ4v) is 2.47. The normalized spacial score (nSPS) is 18.0. The van der Waals surface area contributed by atoms with Crippen LogP contribution in [0.3, 0.4) is 0 Å². The Bertz CT molecular complexity index is 593. The average Bonchev–Trinajstić information content (AvgIpc) is 2.40. The van der Waals surface area contributed by atoms with Gasteiger partial charge in [-0.2, -0.15) is 0 Å². The Hall–Kier alpha value is -2.29. The Morgan fingerprint density at radius 3 is 2.61 bits per heavy atom. The van der Waals surface area contributed by atoms with Gasteiger partial charge in [0.1, 0.15) is 5.75 Å². The molecule has 0 aliphatic carbocycles. The summed E-state index contributed by atoms with van der Waals surface area (Å²) in [6.45, 7) is 0.569. The molecule has 2 N–H and O–H groups in total. The van der Waals surface area contributed by atoms with E-state index in [2.05, 4.69) is 5.32 Å². The second kappa shape index (κ2) is 4.18. The van der Waals surface area contributed by atoms with E-state index in [9.17, 15) is 9.90 Å². The summed E-state index contributed by atoms with van der Waals surface area (Å²) in [6, 6.07) is 15.2. The molecule has 3 nitrogen and oxygen atoms in total. The molecule has 2 aromatic carbocycles. The number of hydrogen-bond donors (Lipinski definition) is 2. The van der Waals surface area contributed by atoms with Gasteiger partial charge in [-0.05, 0) is 17.2 Å². The molecule has 0 fully saturated rings. The highest BCUT2D eigenvalue weighted by molar-refractivity contribution is 5.99. The van der Waals surface area contributed by atoms with Crippen molar-refractivity contribution in [1.82, 2.24) is 5.32 Å². The second-order valence-electron chi connectivity index (χ2n) is 4.41. The molecule has 3 rings (SSSR count). The van der Waals surface area contributed by atoms with Crippen molar-refractivity contribution >= 4 is 5.91 Å². The molecule has 1 unspecified atom stereocenters. The predicted octanol–water partition coefficient (Wildman–Crippen LogP) is 2.27. The molecule has 0 spiro atoms. The zero-order chi connectivity index (χ0) is 12.5. The summed E-state index contributed by atoms with van der Waals surface area (Å²) in [5, 5.41) is 12.7. The number of phenolic OH excluding ortho intramolecular Hbond substituents is 1. The molecule has 3 heteroatoms. The molecule has 18 heavy (non-hydrogen) atoms. The van der Waals surface area contributed by atoms with Crippen LogP contribution in [-0.2, 0) is 0 Å². The molecule has 1 amide bonds. The van der Waals surface area contributed by atoms with E-state index < -0.39 is 0 Å². The number of carbonyl (C=O) groups excluding carboxylic acids is 1. The topological polar surface area (TPSA) is 49.3 Å². The van der Waals surface area contributed by atoms with E-state index in [4.69, 9.17) is 0 Å². The Morgan fingerprint density at radius 1 is 1.06 bits per heavy atom. The standard InChI is InChI=1S/C15H13NO2/c17-13-8-4-7-11-12(9-16-15(18)14(11)13)10-5-2-1-3-6-10/h1-8,12,17H,9H2,(H,16,18). The lowest BCUT2D eigenvalue weighted by molar-refractivity contribution is 0.0939. The fourth-order valence-electron chi connectivity index (χ4n) is 2.47. The van der Waals surface area contributed by atoms with Crippen molar-refractivity contribution in [3.63, 3.8) is 0 Å². The van der Waals surface area contributed by atoms with Gasteiger partial charge in [-0.3, -0.25) is 4.79 Å². The Kier molecular flexibility index (Phi) is 2.52. The molecule has 0 saturated carbocycles. The Morgan fingerprint density at radius 2 is 1.83 bits per heavy atom. The van der Waals surface area contributed by atoms with Gasteiger partial charge in [-0.25, -0.2) is 0 Å². The minimum Gasteiger partial charge on any atom is -0.507 e. The monoisotopic (exact) mass is 239 g/mol. The van der Waals surface area contributed by atoms with Crippen LogP contribution in [0.1, 0.15) is 27.4 Å². The van der Waals surface area contributed by atoms with Crippen LogP contribution in [0.2, 0.25) is 0 Å². The first-order valence-electron chi connectivity index (χ1n) is 5.92. The van der Waals surface area contributed by atoms with Gasteiger partial charge < -0.3 is 10.4 Å². The zero-order valence-corrected chi connectivity index (χ0v) is 9.76. The van der Waals surface area contributed by atoms with Crippen molar-refractivity contribution in [2.45, 2.75) is 5.92 Å². The van der Waals surface area contributed by atoms with E-state index in [0.29, 0.717) is 12.1 Å². The third-order valence-electron chi connectivity index (χ3n) is 3.35.